The van der Waals surface area contributed by atoms with Gasteiger partial charge in [0.05, 0.1) is 19.2 Å². The largest absolute Gasteiger partial charge is 0.508 e. The summed E-state index contributed by atoms with van der Waals surface area (Å²) < 4.78 is 5.18. The number of ether oxygens (including phenoxy) is 1. The van der Waals surface area contributed by atoms with Crippen molar-refractivity contribution in [2.45, 2.75) is 13.3 Å². The minimum Gasteiger partial charge on any atom is -0.508 e. The van der Waals surface area contributed by atoms with E-state index in [2.05, 4.69) is 10.5 Å². The van der Waals surface area contributed by atoms with Gasteiger partial charge in [-0.3, -0.25) is 4.79 Å². The third kappa shape index (κ3) is 4.47. The predicted octanol–water partition coefficient (Wildman–Crippen LogP) is 2.19. The van der Waals surface area contributed by atoms with Gasteiger partial charge in [0.2, 0.25) is 5.91 Å². The second-order valence-corrected chi connectivity index (χ2v) is 4.96. The first-order valence-electron chi connectivity index (χ1n) is 6.98. The summed E-state index contributed by atoms with van der Waals surface area (Å²) in [7, 11) is 1.49. The zero-order valence-corrected chi connectivity index (χ0v) is 12.9. The van der Waals surface area contributed by atoms with Crippen molar-refractivity contribution in [2.75, 3.05) is 7.11 Å². The Hall–Kier alpha value is -3.02. The number of carbonyl (C=O) groups excluding carboxylic acids is 1. The molecule has 6 heteroatoms. The van der Waals surface area contributed by atoms with Crippen LogP contribution in [0.15, 0.2) is 47.6 Å². The first-order valence-corrected chi connectivity index (χ1v) is 6.98. The molecule has 0 unspecified atom stereocenters. The zero-order valence-electron chi connectivity index (χ0n) is 12.9. The van der Waals surface area contributed by atoms with Gasteiger partial charge in [0.1, 0.15) is 17.2 Å². The molecule has 1 amide bonds. The third-order valence-electron chi connectivity index (χ3n) is 3.20. The second-order valence-electron chi connectivity index (χ2n) is 4.96. The minimum atomic E-state index is -0.298. The molecule has 0 aliphatic carbocycles. The van der Waals surface area contributed by atoms with Crippen LogP contribution in [0, 0.1) is 0 Å². The van der Waals surface area contributed by atoms with Crippen LogP contribution in [0.3, 0.4) is 0 Å². The number of phenols is 2. The van der Waals surface area contributed by atoms with E-state index in [1.165, 1.54) is 25.3 Å². The molecule has 23 heavy (non-hydrogen) atoms. The molecule has 2 aromatic carbocycles. The highest BCUT2D eigenvalue weighted by atomic mass is 16.5. The predicted molar refractivity (Wildman–Crippen MR) is 86.8 cm³/mol. The Morgan fingerprint density at radius 1 is 1.17 bits per heavy atom. The lowest BCUT2D eigenvalue weighted by Crippen LogP contribution is -2.21. The molecule has 2 aromatic rings. The van der Waals surface area contributed by atoms with E-state index in [1.54, 1.807) is 31.2 Å². The fourth-order valence-electron chi connectivity index (χ4n) is 2.08. The normalized spacial score (nSPS) is 11.1. The van der Waals surface area contributed by atoms with E-state index in [9.17, 15) is 15.0 Å². The summed E-state index contributed by atoms with van der Waals surface area (Å²) in [5, 5.41) is 22.9. The van der Waals surface area contributed by atoms with Gasteiger partial charge in [-0.15, -0.1) is 0 Å². The average molecular weight is 314 g/mol. The highest BCUT2D eigenvalue weighted by Crippen LogP contribution is 2.24. The van der Waals surface area contributed by atoms with Gasteiger partial charge in [-0.1, -0.05) is 12.1 Å². The van der Waals surface area contributed by atoms with E-state index < -0.39 is 0 Å². The summed E-state index contributed by atoms with van der Waals surface area (Å²) in [5.74, 6) is 0.372. The summed E-state index contributed by atoms with van der Waals surface area (Å²) in [6, 6.07) is 11.1. The Morgan fingerprint density at radius 2 is 1.91 bits per heavy atom. The van der Waals surface area contributed by atoms with Crippen molar-refractivity contribution in [3.8, 4) is 17.2 Å². The maximum atomic E-state index is 11.9. The van der Waals surface area contributed by atoms with Crippen LogP contribution in [0.25, 0.3) is 0 Å². The number of phenolic OH excluding ortho intramolecular Hbond substituents is 2. The molecule has 0 radical (unpaired) electrons. The van der Waals surface area contributed by atoms with E-state index in [-0.39, 0.29) is 23.8 Å². The number of benzene rings is 2. The van der Waals surface area contributed by atoms with E-state index in [0.29, 0.717) is 22.6 Å². The Bertz CT molecular complexity index is 741. The molecule has 6 nitrogen and oxygen atoms in total. The Kier molecular flexibility index (Phi) is 5.19. The van der Waals surface area contributed by atoms with Crippen LogP contribution in [0.4, 0.5) is 0 Å². The summed E-state index contributed by atoms with van der Waals surface area (Å²) in [4.78, 5) is 11.9. The molecule has 120 valence electrons. The third-order valence-corrected chi connectivity index (χ3v) is 3.20. The number of hydrogen-bond acceptors (Lipinski definition) is 5. The number of methoxy groups -OCH3 is 1. The van der Waals surface area contributed by atoms with Crippen LogP contribution < -0.4 is 10.2 Å². The summed E-state index contributed by atoms with van der Waals surface area (Å²) in [6.07, 6.45) is 0.109. The molecule has 3 N–H and O–H groups in total. The number of hydrogen-bond donors (Lipinski definition) is 3. The molecule has 0 spiro atoms. The highest BCUT2D eigenvalue weighted by molar-refractivity contribution is 6.01. The number of amides is 1. The van der Waals surface area contributed by atoms with Crippen molar-refractivity contribution in [3.63, 3.8) is 0 Å². The quantitative estimate of drug-likeness (QED) is 0.583. The number of nitrogens with zero attached hydrogens (tertiary/aromatic N) is 1. The highest BCUT2D eigenvalue weighted by Gasteiger charge is 2.08. The van der Waals surface area contributed by atoms with Gasteiger partial charge in [0.15, 0.2) is 0 Å². The zero-order chi connectivity index (χ0) is 16.8. The van der Waals surface area contributed by atoms with E-state index >= 15 is 0 Å². The van der Waals surface area contributed by atoms with E-state index in [4.69, 9.17) is 4.74 Å². The summed E-state index contributed by atoms with van der Waals surface area (Å²) in [6.45, 7) is 1.73. The van der Waals surface area contributed by atoms with Crippen LogP contribution in [0.5, 0.6) is 17.2 Å². The SMILES string of the molecule is COc1cc(O)ccc1/C(C)=N/NC(=O)Cc1cccc(O)c1. The topological polar surface area (TPSA) is 91.2 Å². The number of carbonyl (C=O) groups is 1. The van der Waals surface area contributed by atoms with E-state index in [0.717, 1.165) is 0 Å². The van der Waals surface area contributed by atoms with Crippen LogP contribution in [0.2, 0.25) is 0 Å². The summed E-state index contributed by atoms with van der Waals surface area (Å²) in [5.41, 5.74) is 4.37. The van der Waals surface area contributed by atoms with Crippen molar-refractivity contribution in [1.29, 1.82) is 0 Å². The molecule has 0 aromatic heterocycles. The summed E-state index contributed by atoms with van der Waals surface area (Å²) >= 11 is 0. The van der Waals surface area contributed by atoms with Gasteiger partial charge in [0.25, 0.3) is 0 Å². The van der Waals surface area contributed by atoms with Gasteiger partial charge < -0.3 is 14.9 Å². The number of hydrazone groups is 1. The molecule has 0 fully saturated rings. The van der Waals surface area contributed by atoms with Crippen molar-refractivity contribution >= 4 is 11.6 Å². The van der Waals surface area contributed by atoms with E-state index in [1.807, 2.05) is 0 Å². The first kappa shape index (κ1) is 16.4. The van der Waals surface area contributed by atoms with Crippen molar-refractivity contribution < 1.29 is 19.7 Å². The fraction of sp³-hybridized carbons (Fsp3) is 0.176. The first-order chi connectivity index (χ1) is 11.0. The van der Waals surface area contributed by atoms with Crippen molar-refractivity contribution in [3.05, 3.63) is 53.6 Å². The molecule has 0 heterocycles. The Morgan fingerprint density at radius 3 is 2.61 bits per heavy atom. The fourth-order valence-corrected chi connectivity index (χ4v) is 2.08. The van der Waals surface area contributed by atoms with Gasteiger partial charge in [-0.2, -0.15) is 5.10 Å². The number of aromatic hydroxyl groups is 2. The molecule has 0 aliphatic heterocycles. The molecule has 0 saturated heterocycles. The molecule has 0 bridgehead atoms. The second kappa shape index (κ2) is 7.31. The standard InChI is InChI=1S/C17H18N2O4/c1-11(15-7-6-14(21)10-16(15)23-2)18-19-17(22)9-12-4-3-5-13(20)8-12/h3-8,10,20-21H,9H2,1-2H3,(H,19,22)/b18-11+. The molecule has 0 saturated carbocycles. The smallest absolute Gasteiger partial charge is 0.244 e. The monoisotopic (exact) mass is 314 g/mol. The van der Waals surface area contributed by atoms with Crippen LogP contribution in [-0.2, 0) is 11.2 Å². The molecule has 0 atom stereocenters. The van der Waals surface area contributed by atoms with Crippen molar-refractivity contribution in [2.24, 2.45) is 5.10 Å². The number of nitrogens with one attached hydrogen (secondary N) is 1. The molecular weight excluding hydrogens is 296 g/mol. The Labute approximate surface area is 134 Å². The van der Waals surface area contributed by atoms with Gasteiger partial charge in [-0.05, 0) is 36.8 Å². The number of rotatable bonds is 5. The maximum Gasteiger partial charge on any atom is 0.244 e. The van der Waals surface area contributed by atoms with Crippen LogP contribution in [-0.4, -0.2) is 28.9 Å². The lowest BCUT2D eigenvalue weighted by molar-refractivity contribution is -0.120. The van der Waals surface area contributed by atoms with Crippen LogP contribution in [0.1, 0.15) is 18.1 Å². The lowest BCUT2D eigenvalue weighted by Gasteiger charge is -2.09. The lowest BCUT2D eigenvalue weighted by atomic mass is 10.1. The Balaban J connectivity index is 2.06. The van der Waals surface area contributed by atoms with Crippen LogP contribution >= 0.6 is 0 Å². The average Bonchev–Trinajstić information content (AvgIpc) is 2.52. The van der Waals surface area contributed by atoms with Gasteiger partial charge >= 0.3 is 0 Å². The van der Waals surface area contributed by atoms with Gasteiger partial charge in [-0.25, -0.2) is 5.43 Å². The molecule has 0 aliphatic rings. The molecular formula is C17H18N2O4. The minimum absolute atomic E-state index is 0.0892. The maximum absolute atomic E-state index is 11.9. The van der Waals surface area contributed by atoms with Crippen molar-refractivity contribution in [1.82, 2.24) is 5.43 Å². The molecule has 2 rings (SSSR count). The van der Waals surface area contributed by atoms with Gasteiger partial charge in [0, 0.05) is 11.6 Å².